The van der Waals surface area contributed by atoms with Crippen LogP contribution in [0.1, 0.15) is 19.3 Å². The quantitative estimate of drug-likeness (QED) is 0.623. The van der Waals surface area contributed by atoms with Crippen molar-refractivity contribution in [3.63, 3.8) is 0 Å². The molecular weight excluding hydrogens is 202 g/mol. The number of hydrogen-bond donors (Lipinski definition) is 0. The van der Waals surface area contributed by atoms with Gasteiger partial charge in [0.15, 0.2) is 0 Å². The van der Waals surface area contributed by atoms with E-state index in [4.69, 9.17) is 4.74 Å². The van der Waals surface area contributed by atoms with Gasteiger partial charge in [0.1, 0.15) is 0 Å². The molecular formula is C10H18ClNO2. The van der Waals surface area contributed by atoms with Crippen molar-refractivity contribution < 1.29 is 9.53 Å². The van der Waals surface area contributed by atoms with Crippen LogP contribution in [0.2, 0.25) is 0 Å². The number of rotatable bonds is 1. The zero-order chi connectivity index (χ0) is 9.26. The smallest absolute Gasteiger partial charge is 0.309 e. The standard InChI is InChI=1S/C10H17NO2.ClH/c1-13-10(12)9-5-8-3-2-4-11(6-8)7-9;/h8-9H,2-7H2,1H3;1H. The molecule has 0 radical (unpaired) electrons. The molecule has 0 aromatic rings. The van der Waals surface area contributed by atoms with Gasteiger partial charge < -0.3 is 9.64 Å². The fourth-order valence-corrected chi connectivity index (χ4v) is 2.64. The maximum atomic E-state index is 11.3. The van der Waals surface area contributed by atoms with E-state index in [-0.39, 0.29) is 24.3 Å². The third-order valence-corrected chi connectivity index (χ3v) is 3.23. The van der Waals surface area contributed by atoms with Crippen molar-refractivity contribution in [2.24, 2.45) is 11.8 Å². The second-order valence-electron chi connectivity index (χ2n) is 4.22. The Morgan fingerprint density at radius 1 is 1.43 bits per heavy atom. The lowest BCUT2D eigenvalue weighted by Crippen LogP contribution is -2.46. The van der Waals surface area contributed by atoms with Gasteiger partial charge in [-0.25, -0.2) is 0 Å². The molecule has 3 nitrogen and oxygen atoms in total. The molecule has 0 aliphatic carbocycles. The molecule has 0 aromatic carbocycles. The zero-order valence-electron chi connectivity index (χ0n) is 8.57. The summed E-state index contributed by atoms with van der Waals surface area (Å²) in [6.07, 6.45) is 3.64. The molecule has 0 saturated carbocycles. The highest BCUT2D eigenvalue weighted by Gasteiger charge is 2.33. The first kappa shape index (κ1) is 11.8. The van der Waals surface area contributed by atoms with Crippen molar-refractivity contribution in [1.82, 2.24) is 4.90 Å². The molecule has 82 valence electrons. The van der Waals surface area contributed by atoms with Crippen molar-refractivity contribution >= 4 is 18.4 Å². The summed E-state index contributed by atoms with van der Waals surface area (Å²) in [6.45, 7) is 3.29. The van der Waals surface area contributed by atoms with Gasteiger partial charge in [-0.05, 0) is 31.7 Å². The predicted octanol–water partition coefficient (Wildman–Crippen LogP) is 1.31. The summed E-state index contributed by atoms with van der Waals surface area (Å²) in [4.78, 5) is 13.8. The Balaban J connectivity index is 0.000000980. The molecule has 2 fully saturated rings. The Labute approximate surface area is 91.2 Å². The van der Waals surface area contributed by atoms with E-state index in [9.17, 15) is 4.79 Å². The van der Waals surface area contributed by atoms with Gasteiger partial charge in [-0.3, -0.25) is 4.79 Å². The highest BCUT2D eigenvalue weighted by atomic mass is 35.5. The average Bonchev–Trinajstić information content (AvgIpc) is 2.16. The minimum Gasteiger partial charge on any atom is -0.469 e. The van der Waals surface area contributed by atoms with Gasteiger partial charge in [-0.15, -0.1) is 12.4 Å². The predicted molar refractivity (Wildman–Crippen MR) is 56.5 cm³/mol. The van der Waals surface area contributed by atoms with Crippen LogP contribution < -0.4 is 0 Å². The second kappa shape index (κ2) is 4.99. The number of methoxy groups -OCH3 is 1. The van der Waals surface area contributed by atoms with E-state index in [1.54, 1.807) is 0 Å². The van der Waals surface area contributed by atoms with Crippen LogP contribution in [0.25, 0.3) is 0 Å². The first-order chi connectivity index (χ1) is 6.29. The highest BCUT2D eigenvalue weighted by molar-refractivity contribution is 5.85. The molecule has 14 heavy (non-hydrogen) atoms. The van der Waals surface area contributed by atoms with Gasteiger partial charge in [-0.1, -0.05) is 0 Å². The number of hydrogen-bond acceptors (Lipinski definition) is 3. The van der Waals surface area contributed by atoms with Crippen LogP contribution in [-0.4, -0.2) is 37.6 Å². The Hall–Kier alpha value is -0.280. The normalized spacial score (nSPS) is 35.6. The van der Waals surface area contributed by atoms with Gasteiger partial charge in [0.05, 0.1) is 13.0 Å². The van der Waals surface area contributed by atoms with E-state index in [0.29, 0.717) is 0 Å². The van der Waals surface area contributed by atoms with Crippen LogP contribution in [0.15, 0.2) is 0 Å². The van der Waals surface area contributed by atoms with Crippen LogP contribution in [0.4, 0.5) is 0 Å². The van der Waals surface area contributed by atoms with Gasteiger partial charge in [-0.2, -0.15) is 0 Å². The van der Waals surface area contributed by atoms with E-state index < -0.39 is 0 Å². The van der Waals surface area contributed by atoms with Crippen molar-refractivity contribution in [1.29, 1.82) is 0 Å². The average molecular weight is 220 g/mol. The summed E-state index contributed by atoms with van der Waals surface area (Å²) in [7, 11) is 1.49. The zero-order valence-corrected chi connectivity index (χ0v) is 9.39. The van der Waals surface area contributed by atoms with Crippen LogP contribution in [-0.2, 0) is 9.53 Å². The largest absolute Gasteiger partial charge is 0.469 e. The fourth-order valence-electron chi connectivity index (χ4n) is 2.64. The van der Waals surface area contributed by atoms with Gasteiger partial charge >= 0.3 is 5.97 Å². The van der Waals surface area contributed by atoms with Crippen LogP contribution in [0.5, 0.6) is 0 Å². The molecule has 2 bridgehead atoms. The first-order valence-electron chi connectivity index (χ1n) is 5.10. The Morgan fingerprint density at radius 2 is 2.21 bits per heavy atom. The van der Waals surface area contributed by atoms with Crippen molar-refractivity contribution in [3.8, 4) is 0 Å². The lowest BCUT2D eigenvalue weighted by molar-refractivity contribution is -0.148. The van der Waals surface area contributed by atoms with Gasteiger partial charge in [0.2, 0.25) is 0 Å². The SMILES string of the molecule is COC(=O)C1CC2CCCN(C2)C1.Cl. The maximum absolute atomic E-state index is 11.3. The molecule has 2 aliphatic rings. The number of esters is 1. The fraction of sp³-hybridized carbons (Fsp3) is 0.900. The lowest BCUT2D eigenvalue weighted by Gasteiger charge is -2.40. The number of halogens is 1. The van der Waals surface area contributed by atoms with E-state index in [2.05, 4.69) is 4.90 Å². The molecule has 0 aromatic heterocycles. The highest BCUT2D eigenvalue weighted by Crippen LogP contribution is 2.29. The number of nitrogens with zero attached hydrogens (tertiary/aromatic N) is 1. The summed E-state index contributed by atoms with van der Waals surface area (Å²) in [5.41, 5.74) is 0. The summed E-state index contributed by atoms with van der Waals surface area (Å²) >= 11 is 0. The topological polar surface area (TPSA) is 29.5 Å². The Kier molecular flexibility index (Phi) is 4.20. The second-order valence-corrected chi connectivity index (χ2v) is 4.22. The van der Waals surface area contributed by atoms with Gasteiger partial charge in [0, 0.05) is 13.1 Å². The summed E-state index contributed by atoms with van der Waals surface area (Å²) < 4.78 is 4.79. The van der Waals surface area contributed by atoms with Crippen molar-refractivity contribution in [3.05, 3.63) is 0 Å². The minimum absolute atomic E-state index is 0. The van der Waals surface area contributed by atoms with E-state index >= 15 is 0 Å². The molecule has 3 unspecified atom stereocenters. The summed E-state index contributed by atoms with van der Waals surface area (Å²) in [5, 5.41) is 0. The lowest BCUT2D eigenvalue weighted by atomic mass is 9.83. The van der Waals surface area contributed by atoms with Crippen molar-refractivity contribution in [2.45, 2.75) is 19.3 Å². The number of carbonyl (C=O) groups is 1. The molecule has 0 N–H and O–H groups in total. The first-order valence-corrected chi connectivity index (χ1v) is 5.10. The van der Waals surface area contributed by atoms with E-state index in [0.717, 1.165) is 18.9 Å². The maximum Gasteiger partial charge on any atom is 0.309 e. The van der Waals surface area contributed by atoms with Crippen molar-refractivity contribution in [2.75, 3.05) is 26.7 Å². The molecule has 2 saturated heterocycles. The third kappa shape index (κ3) is 2.39. The van der Waals surface area contributed by atoms with Crippen LogP contribution >= 0.6 is 12.4 Å². The van der Waals surface area contributed by atoms with Crippen LogP contribution in [0.3, 0.4) is 0 Å². The molecule has 3 atom stereocenters. The van der Waals surface area contributed by atoms with Gasteiger partial charge in [0.25, 0.3) is 0 Å². The van der Waals surface area contributed by atoms with E-state index in [1.165, 1.54) is 33.0 Å². The summed E-state index contributed by atoms with van der Waals surface area (Å²) in [6, 6.07) is 0. The number of ether oxygens (including phenoxy) is 1. The monoisotopic (exact) mass is 219 g/mol. The van der Waals surface area contributed by atoms with Crippen LogP contribution in [0, 0.1) is 11.8 Å². The minimum atomic E-state index is -0.0170. The molecule has 2 aliphatic heterocycles. The molecule has 4 heteroatoms. The molecule has 2 rings (SSSR count). The Bertz CT molecular complexity index is 198. The third-order valence-electron chi connectivity index (χ3n) is 3.23. The number of carbonyl (C=O) groups excluding carboxylic acids is 1. The molecule has 0 amide bonds. The molecule has 2 heterocycles. The Morgan fingerprint density at radius 3 is 2.86 bits per heavy atom. The summed E-state index contributed by atoms with van der Waals surface area (Å²) in [5.74, 6) is 0.868. The molecule has 0 spiro atoms. The van der Waals surface area contributed by atoms with E-state index in [1.807, 2.05) is 0 Å². The number of piperidine rings is 2. The number of fused-ring (bicyclic) bond motifs is 2.